The summed E-state index contributed by atoms with van der Waals surface area (Å²) in [7, 11) is 0. The van der Waals surface area contributed by atoms with E-state index in [1.165, 1.54) is 0 Å². The van der Waals surface area contributed by atoms with Crippen LogP contribution in [0.5, 0.6) is 5.75 Å². The molecule has 5 heteroatoms. The molecular weight excluding hydrogens is 306 g/mol. The van der Waals surface area contributed by atoms with Gasteiger partial charge in [0, 0.05) is 6.42 Å². The molecule has 0 aromatic heterocycles. The number of benzene rings is 2. The first kappa shape index (κ1) is 17.5. The highest BCUT2D eigenvalue weighted by Crippen LogP contribution is 2.16. The SMILES string of the molecule is Cc1ccc(OCC(=O)N[C@@H](Cc2ccccc2)C(=O)O)cc1C. The van der Waals surface area contributed by atoms with Crippen molar-refractivity contribution in [3.8, 4) is 5.75 Å². The Bertz CT molecular complexity index is 713. The van der Waals surface area contributed by atoms with Gasteiger partial charge in [0.2, 0.25) is 0 Å². The van der Waals surface area contributed by atoms with Crippen molar-refractivity contribution >= 4 is 11.9 Å². The predicted molar refractivity (Wildman–Crippen MR) is 91.1 cm³/mol. The molecule has 0 radical (unpaired) electrons. The smallest absolute Gasteiger partial charge is 0.326 e. The third-order valence-electron chi connectivity index (χ3n) is 3.76. The van der Waals surface area contributed by atoms with Crippen molar-refractivity contribution in [1.82, 2.24) is 5.32 Å². The van der Waals surface area contributed by atoms with Crippen molar-refractivity contribution < 1.29 is 19.4 Å². The van der Waals surface area contributed by atoms with Crippen molar-refractivity contribution in [2.45, 2.75) is 26.3 Å². The van der Waals surface area contributed by atoms with E-state index in [0.29, 0.717) is 5.75 Å². The van der Waals surface area contributed by atoms with Crippen LogP contribution in [0.15, 0.2) is 48.5 Å². The molecule has 2 rings (SSSR count). The van der Waals surface area contributed by atoms with Crippen molar-refractivity contribution in [1.29, 1.82) is 0 Å². The minimum atomic E-state index is -1.07. The molecule has 126 valence electrons. The van der Waals surface area contributed by atoms with Gasteiger partial charge in [-0.2, -0.15) is 0 Å². The summed E-state index contributed by atoms with van der Waals surface area (Å²) in [5.74, 6) is -0.946. The summed E-state index contributed by atoms with van der Waals surface area (Å²) in [6, 6.07) is 13.7. The molecule has 2 aromatic rings. The molecule has 24 heavy (non-hydrogen) atoms. The molecule has 0 heterocycles. The van der Waals surface area contributed by atoms with Crippen LogP contribution >= 0.6 is 0 Å². The molecule has 0 saturated carbocycles. The first-order chi connectivity index (χ1) is 11.5. The Morgan fingerprint density at radius 1 is 1.08 bits per heavy atom. The number of nitrogens with one attached hydrogen (secondary N) is 1. The molecule has 1 atom stereocenters. The Hall–Kier alpha value is -2.82. The fourth-order valence-electron chi connectivity index (χ4n) is 2.24. The molecule has 0 aliphatic carbocycles. The van der Waals surface area contributed by atoms with E-state index in [0.717, 1.165) is 16.7 Å². The van der Waals surface area contributed by atoms with Crippen LogP contribution in [-0.2, 0) is 16.0 Å². The third kappa shape index (κ3) is 5.12. The lowest BCUT2D eigenvalue weighted by molar-refractivity contribution is -0.142. The Morgan fingerprint density at radius 2 is 1.79 bits per heavy atom. The van der Waals surface area contributed by atoms with Crippen molar-refractivity contribution in [2.75, 3.05) is 6.61 Å². The number of carbonyl (C=O) groups excluding carboxylic acids is 1. The normalized spacial score (nSPS) is 11.6. The van der Waals surface area contributed by atoms with E-state index >= 15 is 0 Å². The standard InChI is InChI=1S/C19H21NO4/c1-13-8-9-16(10-14(13)2)24-12-18(21)20-17(19(22)23)11-15-6-4-3-5-7-15/h3-10,17H,11-12H2,1-2H3,(H,20,21)(H,22,23)/t17-/m0/s1. The zero-order valence-corrected chi connectivity index (χ0v) is 13.8. The van der Waals surface area contributed by atoms with E-state index in [2.05, 4.69) is 5.32 Å². The molecule has 0 spiro atoms. The number of amides is 1. The second-order valence-electron chi connectivity index (χ2n) is 5.68. The summed E-state index contributed by atoms with van der Waals surface area (Å²) < 4.78 is 5.43. The lowest BCUT2D eigenvalue weighted by Gasteiger charge is -2.15. The van der Waals surface area contributed by atoms with Crippen molar-refractivity contribution in [3.63, 3.8) is 0 Å². The lowest BCUT2D eigenvalue weighted by Crippen LogP contribution is -2.44. The monoisotopic (exact) mass is 327 g/mol. The van der Waals surface area contributed by atoms with Gasteiger partial charge in [0.1, 0.15) is 11.8 Å². The van der Waals surface area contributed by atoms with Gasteiger partial charge in [-0.1, -0.05) is 36.4 Å². The number of ether oxygens (including phenoxy) is 1. The van der Waals surface area contributed by atoms with E-state index in [9.17, 15) is 14.7 Å². The first-order valence-electron chi connectivity index (χ1n) is 7.72. The number of carbonyl (C=O) groups is 2. The van der Waals surface area contributed by atoms with Gasteiger partial charge in [-0.15, -0.1) is 0 Å². The maximum absolute atomic E-state index is 12.0. The van der Waals surface area contributed by atoms with E-state index < -0.39 is 17.9 Å². The van der Waals surface area contributed by atoms with Crippen LogP contribution in [0.2, 0.25) is 0 Å². The maximum Gasteiger partial charge on any atom is 0.326 e. The molecular formula is C19H21NO4. The number of aliphatic carboxylic acids is 1. The van der Waals surface area contributed by atoms with Crippen LogP contribution in [0.4, 0.5) is 0 Å². The van der Waals surface area contributed by atoms with Crippen LogP contribution in [0.3, 0.4) is 0 Å². The number of hydrogen-bond donors (Lipinski definition) is 2. The average Bonchev–Trinajstić information content (AvgIpc) is 2.56. The fourth-order valence-corrected chi connectivity index (χ4v) is 2.24. The predicted octanol–water partition coefficient (Wildman–Crippen LogP) is 2.49. The molecule has 0 bridgehead atoms. The van der Waals surface area contributed by atoms with Crippen LogP contribution in [0, 0.1) is 13.8 Å². The van der Waals surface area contributed by atoms with Gasteiger partial charge in [0.25, 0.3) is 5.91 Å². The summed E-state index contributed by atoms with van der Waals surface area (Å²) >= 11 is 0. The second kappa shape index (κ2) is 8.15. The van der Waals surface area contributed by atoms with Gasteiger partial charge in [-0.25, -0.2) is 4.79 Å². The Balaban J connectivity index is 1.90. The topological polar surface area (TPSA) is 75.6 Å². The molecule has 2 N–H and O–H groups in total. The summed E-state index contributed by atoms with van der Waals surface area (Å²) in [4.78, 5) is 23.3. The van der Waals surface area contributed by atoms with Gasteiger partial charge >= 0.3 is 5.97 Å². The van der Waals surface area contributed by atoms with Crippen LogP contribution < -0.4 is 10.1 Å². The summed E-state index contributed by atoms with van der Waals surface area (Å²) in [5, 5.41) is 11.8. The molecule has 1 amide bonds. The Labute approximate surface area is 141 Å². The molecule has 2 aromatic carbocycles. The number of hydrogen-bond acceptors (Lipinski definition) is 3. The van der Waals surface area contributed by atoms with E-state index in [1.807, 2.05) is 56.3 Å². The number of rotatable bonds is 7. The fraction of sp³-hybridized carbons (Fsp3) is 0.263. The van der Waals surface area contributed by atoms with Crippen molar-refractivity contribution in [2.24, 2.45) is 0 Å². The highest BCUT2D eigenvalue weighted by atomic mass is 16.5. The van der Waals surface area contributed by atoms with Gasteiger partial charge in [0.05, 0.1) is 0 Å². The molecule has 5 nitrogen and oxygen atoms in total. The zero-order valence-electron chi connectivity index (χ0n) is 13.8. The lowest BCUT2D eigenvalue weighted by atomic mass is 10.1. The van der Waals surface area contributed by atoms with Gasteiger partial charge in [-0.3, -0.25) is 4.79 Å². The molecule has 0 saturated heterocycles. The maximum atomic E-state index is 12.0. The van der Waals surface area contributed by atoms with Crippen LogP contribution in [0.25, 0.3) is 0 Å². The average molecular weight is 327 g/mol. The first-order valence-corrected chi connectivity index (χ1v) is 7.72. The highest BCUT2D eigenvalue weighted by Gasteiger charge is 2.20. The highest BCUT2D eigenvalue weighted by molar-refractivity contribution is 5.84. The quantitative estimate of drug-likeness (QED) is 0.819. The van der Waals surface area contributed by atoms with Crippen LogP contribution in [0.1, 0.15) is 16.7 Å². The van der Waals surface area contributed by atoms with Gasteiger partial charge < -0.3 is 15.2 Å². The summed E-state index contributed by atoms with van der Waals surface area (Å²) in [5.41, 5.74) is 3.06. The summed E-state index contributed by atoms with van der Waals surface area (Å²) in [6.45, 7) is 3.73. The molecule has 0 fully saturated rings. The van der Waals surface area contributed by atoms with Gasteiger partial charge in [0.15, 0.2) is 6.61 Å². The Morgan fingerprint density at radius 3 is 2.42 bits per heavy atom. The van der Waals surface area contributed by atoms with E-state index in [-0.39, 0.29) is 13.0 Å². The molecule has 0 unspecified atom stereocenters. The molecule has 0 aliphatic heterocycles. The second-order valence-corrected chi connectivity index (χ2v) is 5.68. The minimum Gasteiger partial charge on any atom is -0.484 e. The number of carboxylic acid groups (broad SMARTS) is 1. The van der Waals surface area contributed by atoms with Crippen molar-refractivity contribution in [3.05, 3.63) is 65.2 Å². The number of carboxylic acids is 1. The van der Waals surface area contributed by atoms with E-state index in [4.69, 9.17) is 4.74 Å². The van der Waals surface area contributed by atoms with Gasteiger partial charge in [-0.05, 0) is 42.7 Å². The number of aryl methyl sites for hydroxylation is 2. The largest absolute Gasteiger partial charge is 0.484 e. The third-order valence-corrected chi connectivity index (χ3v) is 3.76. The van der Waals surface area contributed by atoms with E-state index in [1.54, 1.807) is 6.07 Å². The Kier molecular flexibility index (Phi) is 5.95. The minimum absolute atomic E-state index is 0.221. The van der Waals surface area contributed by atoms with Crippen LogP contribution in [-0.4, -0.2) is 29.6 Å². The molecule has 0 aliphatic rings. The zero-order chi connectivity index (χ0) is 17.5. The summed E-state index contributed by atoms with van der Waals surface area (Å²) in [6.07, 6.45) is 0.228.